The van der Waals surface area contributed by atoms with E-state index in [0.29, 0.717) is 16.8 Å². The second kappa shape index (κ2) is 6.95. The summed E-state index contributed by atoms with van der Waals surface area (Å²) < 4.78 is 31.4. The molecule has 0 bridgehead atoms. The van der Waals surface area contributed by atoms with Crippen LogP contribution in [0.5, 0.6) is 0 Å². The summed E-state index contributed by atoms with van der Waals surface area (Å²) in [5.41, 5.74) is 1.60. The van der Waals surface area contributed by atoms with Crippen molar-refractivity contribution >= 4 is 23.5 Å². The largest absolute Gasteiger partial charge is 0.465 e. The Morgan fingerprint density at radius 1 is 1.26 bits per heavy atom. The zero-order valence-electron chi connectivity index (χ0n) is 12.8. The smallest absolute Gasteiger partial charge is 0.339 e. The van der Waals surface area contributed by atoms with Gasteiger partial charge < -0.3 is 9.72 Å². The second-order valence-corrected chi connectivity index (χ2v) is 5.92. The Bertz CT molecular complexity index is 771. The lowest BCUT2D eigenvalue weighted by molar-refractivity contribution is 0.0599. The summed E-state index contributed by atoms with van der Waals surface area (Å²) in [5.74, 6) is -2.07. The van der Waals surface area contributed by atoms with Crippen molar-refractivity contribution in [3.8, 4) is 0 Å². The van der Waals surface area contributed by atoms with Crippen LogP contribution in [0.2, 0.25) is 0 Å². The molecule has 0 atom stereocenters. The first kappa shape index (κ1) is 17.2. The molecule has 122 valence electrons. The van der Waals surface area contributed by atoms with Crippen LogP contribution in [-0.4, -0.2) is 29.6 Å². The molecule has 0 radical (unpaired) electrons. The summed E-state index contributed by atoms with van der Waals surface area (Å²) in [7, 11) is 1.26. The second-order valence-electron chi connectivity index (χ2n) is 4.90. The van der Waals surface area contributed by atoms with Crippen molar-refractivity contribution in [2.75, 3.05) is 12.9 Å². The number of nitrogens with one attached hydrogen (secondary N) is 1. The number of aryl methyl sites for hydroxylation is 1. The van der Waals surface area contributed by atoms with Gasteiger partial charge in [0.25, 0.3) is 0 Å². The van der Waals surface area contributed by atoms with Gasteiger partial charge in [-0.15, -0.1) is 11.8 Å². The number of thioether (sulfide) groups is 1. The van der Waals surface area contributed by atoms with Gasteiger partial charge in [-0.05, 0) is 37.6 Å². The fraction of sp³-hybridized carbons (Fsp3) is 0.250. The molecule has 23 heavy (non-hydrogen) atoms. The van der Waals surface area contributed by atoms with Gasteiger partial charge in [-0.25, -0.2) is 13.6 Å². The van der Waals surface area contributed by atoms with Gasteiger partial charge in [0.15, 0.2) is 5.78 Å². The van der Waals surface area contributed by atoms with Gasteiger partial charge in [0.2, 0.25) is 0 Å². The molecule has 1 N–H and O–H groups in total. The van der Waals surface area contributed by atoms with Crippen LogP contribution in [0.15, 0.2) is 23.1 Å². The van der Waals surface area contributed by atoms with E-state index in [2.05, 4.69) is 9.72 Å². The van der Waals surface area contributed by atoms with Crippen molar-refractivity contribution in [1.82, 2.24) is 4.98 Å². The van der Waals surface area contributed by atoms with Crippen molar-refractivity contribution in [3.05, 3.63) is 52.3 Å². The molecule has 1 heterocycles. The first-order valence-electron chi connectivity index (χ1n) is 6.73. The van der Waals surface area contributed by atoms with Crippen molar-refractivity contribution in [2.24, 2.45) is 0 Å². The predicted molar refractivity (Wildman–Crippen MR) is 83.0 cm³/mol. The van der Waals surface area contributed by atoms with Crippen LogP contribution in [-0.2, 0) is 4.74 Å². The molecule has 0 saturated heterocycles. The molecular formula is C16H15F2NO3S. The number of halogens is 2. The summed E-state index contributed by atoms with van der Waals surface area (Å²) in [4.78, 5) is 26.9. The van der Waals surface area contributed by atoms with Gasteiger partial charge in [0.05, 0.1) is 24.1 Å². The molecule has 0 aliphatic carbocycles. The Kier molecular flexibility index (Phi) is 5.20. The highest BCUT2D eigenvalue weighted by Crippen LogP contribution is 2.25. The van der Waals surface area contributed by atoms with E-state index in [0.717, 1.165) is 30.0 Å². The van der Waals surface area contributed by atoms with Gasteiger partial charge in [0.1, 0.15) is 11.6 Å². The lowest BCUT2D eigenvalue weighted by Gasteiger charge is -2.03. The fourth-order valence-electron chi connectivity index (χ4n) is 2.24. The molecule has 2 aromatic rings. The molecule has 0 amide bonds. The fourth-order valence-corrected chi connectivity index (χ4v) is 3.07. The third-order valence-corrected chi connectivity index (χ3v) is 4.39. The molecule has 0 spiro atoms. The van der Waals surface area contributed by atoms with Gasteiger partial charge in [-0.3, -0.25) is 4.79 Å². The van der Waals surface area contributed by atoms with Crippen molar-refractivity contribution in [2.45, 2.75) is 18.7 Å². The molecule has 0 aliphatic rings. The number of carbonyl (C=O) groups excluding carboxylic acids is 2. The molecule has 0 aliphatic heterocycles. The molecule has 0 unspecified atom stereocenters. The SMILES string of the molecule is COC(=O)c1c(C)[nH]c(C(=O)CSc2cc(F)ccc2F)c1C. The minimum absolute atomic E-state index is 0.0625. The van der Waals surface area contributed by atoms with E-state index in [9.17, 15) is 18.4 Å². The Morgan fingerprint density at radius 3 is 2.61 bits per heavy atom. The van der Waals surface area contributed by atoms with Crippen LogP contribution < -0.4 is 0 Å². The number of H-pyrrole nitrogens is 1. The van der Waals surface area contributed by atoms with Crippen LogP contribution in [0.4, 0.5) is 8.78 Å². The third kappa shape index (κ3) is 3.61. The number of ketones is 1. The van der Waals surface area contributed by atoms with Crippen LogP contribution in [0, 0.1) is 25.5 Å². The van der Waals surface area contributed by atoms with E-state index in [4.69, 9.17) is 0 Å². The summed E-state index contributed by atoms with van der Waals surface area (Å²) >= 11 is 0.901. The quantitative estimate of drug-likeness (QED) is 0.513. The van der Waals surface area contributed by atoms with Gasteiger partial charge in [-0.2, -0.15) is 0 Å². The zero-order valence-corrected chi connectivity index (χ0v) is 13.6. The van der Waals surface area contributed by atoms with E-state index in [1.807, 2.05) is 0 Å². The number of hydrogen-bond donors (Lipinski definition) is 1. The molecule has 1 aromatic heterocycles. The average Bonchev–Trinajstić information content (AvgIpc) is 2.82. The number of rotatable bonds is 5. The number of esters is 1. The Hall–Kier alpha value is -2.15. The number of methoxy groups -OCH3 is 1. The minimum Gasteiger partial charge on any atom is -0.465 e. The van der Waals surface area contributed by atoms with E-state index in [1.54, 1.807) is 13.8 Å². The predicted octanol–water partition coefficient (Wildman–Crippen LogP) is 3.67. The van der Waals surface area contributed by atoms with Crippen molar-refractivity contribution in [3.63, 3.8) is 0 Å². The maximum Gasteiger partial charge on any atom is 0.339 e. The Balaban J connectivity index is 2.19. The lowest BCUT2D eigenvalue weighted by Crippen LogP contribution is -2.07. The summed E-state index contributed by atoms with van der Waals surface area (Å²) in [6.45, 7) is 3.30. The standard InChI is InChI=1S/C16H15F2NO3S/c1-8-14(16(21)22-3)9(2)19-15(8)12(20)7-23-13-6-10(17)4-5-11(13)18/h4-6,19H,7H2,1-3H3. The van der Waals surface area contributed by atoms with Crippen LogP contribution >= 0.6 is 11.8 Å². The molecule has 0 saturated carbocycles. The normalized spacial score (nSPS) is 10.7. The lowest BCUT2D eigenvalue weighted by atomic mass is 10.1. The minimum atomic E-state index is -0.584. The number of aromatic amines is 1. The highest BCUT2D eigenvalue weighted by atomic mass is 32.2. The first-order valence-corrected chi connectivity index (χ1v) is 7.72. The Morgan fingerprint density at radius 2 is 1.96 bits per heavy atom. The monoisotopic (exact) mass is 339 g/mol. The van der Waals surface area contributed by atoms with Crippen LogP contribution in [0.1, 0.15) is 32.1 Å². The molecule has 7 heteroatoms. The van der Waals surface area contributed by atoms with Gasteiger partial charge in [-0.1, -0.05) is 0 Å². The van der Waals surface area contributed by atoms with E-state index >= 15 is 0 Å². The van der Waals surface area contributed by atoms with E-state index in [-0.39, 0.29) is 22.1 Å². The summed E-state index contributed by atoms with van der Waals surface area (Å²) in [6.07, 6.45) is 0. The highest BCUT2D eigenvalue weighted by molar-refractivity contribution is 8.00. The highest BCUT2D eigenvalue weighted by Gasteiger charge is 2.22. The van der Waals surface area contributed by atoms with Crippen molar-refractivity contribution in [1.29, 1.82) is 0 Å². The molecule has 1 aromatic carbocycles. The number of benzene rings is 1. The molecular weight excluding hydrogens is 324 g/mol. The number of carbonyl (C=O) groups is 2. The zero-order chi connectivity index (χ0) is 17.1. The first-order chi connectivity index (χ1) is 10.8. The maximum absolute atomic E-state index is 13.6. The summed E-state index contributed by atoms with van der Waals surface area (Å²) in [6, 6.07) is 3.07. The number of ether oxygens (including phenoxy) is 1. The number of aromatic nitrogens is 1. The number of Topliss-reactive ketones (excluding diaryl/α,β-unsaturated/α-hetero) is 1. The molecule has 0 fully saturated rings. The molecule has 4 nitrogen and oxygen atoms in total. The number of hydrogen-bond acceptors (Lipinski definition) is 4. The third-order valence-electron chi connectivity index (χ3n) is 3.36. The Labute approximate surface area is 136 Å². The van der Waals surface area contributed by atoms with Gasteiger partial charge >= 0.3 is 5.97 Å². The van der Waals surface area contributed by atoms with Crippen LogP contribution in [0.25, 0.3) is 0 Å². The van der Waals surface area contributed by atoms with Crippen molar-refractivity contribution < 1.29 is 23.1 Å². The average molecular weight is 339 g/mol. The van der Waals surface area contributed by atoms with Gasteiger partial charge in [0, 0.05) is 10.6 Å². The summed E-state index contributed by atoms with van der Waals surface area (Å²) in [5, 5.41) is 0. The van der Waals surface area contributed by atoms with E-state index < -0.39 is 17.6 Å². The maximum atomic E-state index is 13.6. The molecule has 2 rings (SSSR count). The van der Waals surface area contributed by atoms with Crippen LogP contribution in [0.3, 0.4) is 0 Å². The topological polar surface area (TPSA) is 59.2 Å². The van der Waals surface area contributed by atoms with E-state index in [1.165, 1.54) is 7.11 Å².